The van der Waals surface area contributed by atoms with Crippen LogP contribution in [0.4, 0.5) is 23.0 Å². The minimum absolute atomic E-state index is 0.176. The standard InChI is InChI=1S/C41H46N10O3/c1-3-20-50-40(54)34-26-43-41(47-38(34)51(50)35-17-9-29-6-5-27(4-2)37(29)45-35)44-31-12-14-32(15-13-31)49-24-22-48(23-25-49)21-19-42-30-10-7-28(8-11-30)33-16-18-36(52)46-39(33)53/h3,7-15,17,26-27,33,42H,1,4-6,16,18-25H2,2H3,(H,43,44,47)(H,46,52,53). The van der Waals surface area contributed by atoms with Crippen LogP contribution in [0.25, 0.3) is 16.9 Å². The van der Waals surface area contributed by atoms with Gasteiger partial charge in [0.2, 0.25) is 17.8 Å². The van der Waals surface area contributed by atoms with Crippen LogP contribution in [0.15, 0.2) is 84.3 Å². The maximum atomic E-state index is 13.5. The van der Waals surface area contributed by atoms with Crippen molar-refractivity contribution in [3.63, 3.8) is 0 Å². The first-order valence-corrected chi connectivity index (χ1v) is 19.0. The summed E-state index contributed by atoms with van der Waals surface area (Å²) in [6.07, 6.45) is 7.41. The van der Waals surface area contributed by atoms with Gasteiger partial charge in [0.05, 0.1) is 12.5 Å². The maximum Gasteiger partial charge on any atom is 0.278 e. The molecule has 0 spiro atoms. The number of benzene rings is 2. The van der Waals surface area contributed by atoms with E-state index in [0.717, 1.165) is 86.9 Å². The van der Waals surface area contributed by atoms with E-state index < -0.39 is 0 Å². The fourth-order valence-electron chi connectivity index (χ4n) is 7.97. The molecule has 2 amide bonds. The lowest BCUT2D eigenvalue weighted by atomic mass is 9.90. The van der Waals surface area contributed by atoms with Gasteiger partial charge in [-0.3, -0.25) is 24.6 Å². The van der Waals surface area contributed by atoms with E-state index in [0.29, 0.717) is 48.1 Å². The van der Waals surface area contributed by atoms with E-state index in [-0.39, 0.29) is 23.3 Å². The van der Waals surface area contributed by atoms with Crippen LogP contribution in [0.3, 0.4) is 0 Å². The van der Waals surface area contributed by atoms with Crippen LogP contribution in [0, 0.1) is 0 Å². The molecule has 278 valence electrons. The van der Waals surface area contributed by atoms with E-state index in [4.69, 9.17) is 9.97 Å². The molecule has 8 rings (SSSR count). The molecule has 0 radical (unpaired) electrons. The number of piperazine rings is 1. The molecular weight excluding hydrogens is 681 g/mol. The normalized spacial score (nSPS) is 18.8. The summed E-state index contributed by atoms with van der Waals surface area (Å²) in [6.45, 7) is 12.0. The summed E-state index contributed by atoms with van der Waals surface area (Å²) < 4.78 is 3.43. The molecule has 5 heterocycles. The van der Waals surface area contributed by atoms with Crippen LogP contribution >= 0.6 is 0 Å². The van der Waals surface area contributed by atoms with E-state index in [1.807, 2.05) is 42.5 Å². The number of carbonyl (C=O) groups is 2. The molecule has 54 heavy (non-hydrogen) atoms. The zero-order valence-electron chi connectivity index (χ0n) is 30.6. The summed E-state index contributed by atoms with van der Waals surface area (Å²) in [7, 11) is 0. The number of piperidine rings is 1. The molecular formula is C41H46N10O3. The van der Waals surface area contributed by atoms with Crippen molar-refractivity contribution in [1.29, 1.82) is 0 Å². The zero-order chi connectivity index (χ0) is 37.2. The number of hydrogen-bond donors (Lipinski definition) is 3. The van der Waals surface area contributed by atoms with Crippen molar-refractivity contribution < 1.29 is 9.59 Å². The van der Waals surface area contributed by atoms with E-state index in [1.165, 1.54) is 5.56 Å². The number of anilines is 4. The van der Waals surface area contributed by atoms with E-state index in [1.54, 1.807) is 21.6 Å². The molecule has 3 aromatic heterocycles. The first-order valence-electron chi connectivity index (χ1n) is 19.0. The Kier molecular flexibility index (Phi) is 9.96. The Morgan fingerprint density at radius 2 is 1.69 bits per heavy atom. The van der Waals surface area contributed by atoms with Crippen LogP contribution < -0.4 is 26.4 Å². The Morgan fingerprint density at radius 1 is 0.907 bits per heavy atom. The average Bonchev–Trinajstić information content (AvgIpc) is 3.73. The summed E-state index contributed by atoms with van der Waals surface area (Å²) in [5.74, 6) is 0.836. The van der Waals surface area contributed by atoms with Gasteiger partial charge in [-0.25, -0.2) is 19.3 Å². The summed E-state index contributed by atoms with van der Waals surface area (Å²) in [6, 6.07) is 20.4. The van der Waals surface area contributed by atoms with Crippen LogP contribution in [0.5, 0.6) is 0 Å². The monoisotopic (exact) mass is 726 g/mol. The Bertz CT molecular complexity index is 2240. The smallest absolute Gasteiger partial charge is 0.278 e. The molecule has 2 aromatic carbocycles. The number of nitrogens with zero attached hydrogens (tertiary/aromatic N) is 7. The third kappa shape index (κ3) is 7.11. The van der Waals surface area contributed by atoms with Crippen molar-refractivity contribution in [2.75, 3.05) is 54.8 Å². The first kappa shape index (κ1) is 35.2. The summed E-state index contributed by atoms with van der Waals surface area (Å²) in [5, 5.41) is 9.71. The molecule has 2 unspecified atom stereocenters. The van der Waals surface area contributed by atoms with Crippen LogP contribution in [0.2, 0.25) is 0 Å². The van der Waals surface area contributed by atoms with Crippen molar-refractivity contribution in [3.05, 3.63) is 107 Å². The Morgan fingerprint density at radius 3 is 2.43 bits per heavy atom. The highest BCUT2D eigenvalue weighted by molar-refractivity contribution is 6.01. The van der Waals surface area contributed by atoms with E-state index >= 15 is 0 Å². The maximum absolute atomic E-state index is 13.5. The molecule has 2 atom stereocenters. The highest BCUT2D eigenvalue weighted by atomic mass is 16.2. The summed E-state index contributed by atoms with van der Waals surface area (Å²) >= 11 is 0. The van der Waals surface area contributed by atoms with Gasteiger partial charge in [0, 0.05) is 80.6 Å². The number of amides is 2. The van der Waals surface area contributed by atoms with Gasteiger partial charge in [-0.1, -0.05) is 31.2 Å². The van der Waals surface area contributed by atoms with Crippen molar-refractivity contribution in [3.8, 4) is 5.82 Å². The summed E-state index contributed by atoms with van der Waals surface area (Å²) in [4.78, 5) is 56.4. The highest BCUT2D eigenvalue weighted by Gasteiger charge is 2.28. The molecule has 13 heteroatoms. The number of nitrogens with one attached hydrogen (secondary N) is 3. The van der Waals surface area contributed by atoms with Gasteiger partial charge in [0.25, 0.3) is 5.56 Å². The number of allylic oxidation sites excluding steroid dienone is 1. The Hall–Kier alpha value is -5.82. The number of fused-ring (bicyclic) bond motifs is 2. The molecule has 13 nitrogen and oxygen atoms in total. The fourth-order valence-corrected chi connectivity index (χ4v) is 7.97. The second kappa shape index (κ2) is 15.3. The van der Waals surface area contributed by atoms with Crippen molar-refractivity contribution >= 4 is 45.9 Å². The number of carbonyl (C=O) groups excluding carboxylic acids is 2. The number of rotatable bonds is 12. The third-order valence-electron chi connectivity index (χ3n) is 11.0. The molecule has 1 aliphatic carbocycles. The first-order chi connectivity index (χ1) is 26.4. The molecule has 2 saturated heterocycles. The minimum atomic E-state index is -0.263. The topological polar surface area (TPSA) is 142 Å². The second-order valence-corrected chi connectivity index (χ2v) is 14.3. The van der Waals surface area contributed by atoms with Gasteiger partial charge in [-0.15, -0.1) is 6.58 Å². The molecule has 2 fully saturated rings. The SMILES string of the molecule is C=CCn1c(=O)c2cnc(Nc3ccc(N4CCN(CCNc5ccc(C6CCC(=O)NC6=O)cc5)CC4)cc3)nc2n1-c1ccc2c(n1)C(CC)CC2. The lowest BCUT2D eigenvalue weighted by molar-refractivity contribution is -0.134. The predicted molar refractivity (Wildman–Crippen MR) is 211 cm³/mol. The molecule has 2 aliphatic heterocycles. The minimum Gasteiger partial charge on any atom is -0.384 e. The molecule has 0 bridgehead atoms. The largest absolute Gasteiger partial charge is 0.384 e. The number of imide groups is 1. The van der Waals surface area contributed by atoms with Crippen LogP contribution in [-0.2, 0) is 22.6 Å². The molecule has 0 saturated carbocycles. The lowest BCUT2D eigenvalue weighted by Gasteiger charge is -2.36. The van der Waals surface area contributed by atoms with Gasteiger partial charge in [-0.05, 0) is 79.3 Å². The van der Waals surface area contributed by atoms with Crippen molar-refractivity contribution in [2.24, 2.45) is 0 Å². The number of pyridine rings is 1. The summed E-state index contributed by atoms with van der Waals surface area (Å²) in [5.41, 5.74) is 6.70. The number of hydrogen-bond acceptors (Lipinski definition) is 10. The van der Waals surface area contributed by atoms with Crippen molar-refractivity contribution in [1.82, 2.24) is 34.5 Å². The van der Waals surface area contributed by atoms with Gasteiger partial charge < -0.3 is 15.5 Å². The predicted octanol–water partition coefficient (Wildman–Crippen LogP) is 5.10. The van der Waals surface area contributed by atoms with Gasteiger partial charge in [-0.2, -0.15) is 4.98 Å². The highest BCUT2D eigenvalue weighted by Crippen LogP contribution is 2.35. The molecule has 3 aliphatic rings. The van der Waals surface area contributed by atoms with Gasteiger partial charge in [0.15, 0.2) is 11.5 Å². The fraction of sp³-hybridized carbons (Fsp3) is 0.366. The van der Waals surface area contributed by atoms with Crippen LogP contribution in [-0.4, -0.2) is 80.3 Å². The van der Waals surface area contributed by atoms with E-state index in [2.05, 4.69) is 62.4 Å². The van der Waals surface area contributed by atoms with Gasteiger partial charge in [0.1, 0.15) is 5.39 Å². The van der Waals surface area contributed by atoms with Crippen LogP contribution in [0.1, 0.15) is 61.3 Å². The van der Waals surface area contributed by atoms with Crippen molar-refractivity contribution in [2.45, 2.75) is 57.4 Å². The lowest BCUT2D eigenvalue weighted by Crippen LogP contribution is -2.47. The Labute approximate surface area is 314 Å². The van der Waals surface area contributed by atoms with Gasteiger partial charge >= 0.3 is 0 Å². The third-order valence-corrected chi connectivity index (χ3v) is 11.0. The number of aromatic nitrogens is 5. The second-order valence-electron chi connectivity index (χ2n) is 14.3. The number of aryl methyl sites for hydroxylation is 1. The average molecular weight is 727 g/mol. The van der Waals surface area contributed by atoms with E-state index in [9.17, 15) is 14.4 Å². The quantitative estimate of drug-likeness (QED) is 0.117. The zero-order valence-corrected chi connectivity index (χ0v) is 30.6. The molecule has 5 aromatic rings. The Balaban J connectivity index is 0.870. The molecule has 3 N–H and O–H groups in total.